The summed E-state index contributed by atoms with van der Waals surface area (Å²) in [6.07, 6.45) is 0. The van der Waals surface area contributed by atoms with Crippen molar-refractivity contribution in [3.05, 3.63) is 65.2 Å². The first-order valence-electron chi connectivity index (χ1n) is 7.04. The summed E-state index contributed by atoms with van der Waals surface area (Å²) < 4.78 is 5.24. The molecule has 0 amide bonds. The highest BCUT2D eigenvalue weighted by Crippen LogP contribution is 2.27. The molecule has 1 heterocycles. The minimum atomic E-state index is 0.249. The minimum Gasteiger partial charge on any atom is -0.497 e. The van der Waals surface area contributed by atoms with E-state index >= 15 is 0 Å². The average Bonchev–Trinajstić information content (AvgIpc) is 2.49. The Kier molecular flexibility index (Phi) is 4.00. The van der Waals surface area contributed by atoms with Gasteiger partial charge in [0.1, 0.15) is 5.75 Å². The number of nitrogens with one attached hydrogen (secondary N) is 2. The third kappa shape index (κ3) is 2.69. The van der Waals surface area contributed by atoms with Gasteiger partial charge >= 0.3 is 0 Å². The Morgan fingerprint density at radius 1 is 1.00 bits per heavy atom. The SMILES string of the molecule is COc1ccc(C2NCCNCc3ccccc32)cc1. The fraction of sp³-hybridized carbons (Fsp3) is 0.294. The van der Waals surface area contributed by atoms with Crippen molar-refractivity contribution in [2.24, 2.45) is 0 Å². The van der Waals surface area contributed by atoms with Crippen LogP contribution >= 0.6 is 0 Å². The topological polar surface area (TPSA) is 33.3 Å². The standard InChI is InChI=1S/C17H20N2O/c1-20-15-8-6-13(7-9-15)17-16-5-3-2-4-14(16)12-18-10-11-19-17/h2-9,17-19H,10-12H2,1H3. The fourth-order valence-corrected chi connectivity index (χ4v) is 2.71. The first-order valence-corrected chi connectivity index (χ1v) is 7.04. The summed E-state index contributed by atoms with van der Waals surface area (Å²) in [7, 11) is 1.70. The average molecular weight is 268 g/mol. The van der Waals surface area contributed by atoms with E-state index in [0.717, 1.165) is 25.4 Å². The van der Waals surface area contributed by atoms with Crippen LogP contribution in [0.3, 0.4) is 0 Å². The van der Waals surface area contributed by atoms with E-state index in [2.05, 4.69) is 47.0 Å². The number of hydrogen-bond acceptors (Lipinski definition) is 3. The molecule has 0 fully saturated rings. The molecule has 0 spiro atoms. The lowest BCUT2D eigenvalue weighted by Crippen LogP contribution is -2.34. The van der Waals surface area contributed by atoms with Gasteiger partial charge in [0.05, 0.1) is 13.2 Å². The quantitative estimate of drug-likeness (QED) is 0.878. The van der Waals surface area contributed by atoms with Crippen LogP contribution in [-0.2, 0) is 6.54 Å². The van der Waals surface area contributed by atoms with E-state index in [1.54, 1.807) is 7.11 Å². The molecule has 1 atom stereocenters. The Morgan fingerprint density at radius 2 is 1.80 bits per heavy atom. The molecule has 3 nitrogen and oxygen atoms in total. The van der Waals surface area contributed by atoms with E-state index in [9.17, 15) is 0 Å². The van der Waals surface area contributed by atoms with Crippen molar-refractivity contribution in [2.75, 3.05) is 20.2 Å². The molecule has 0 saturated carbocycles. The number of methoxy groups -OCH3 is 1. The summed E-state index contributed by atoms with van der Waals surface area (Å²) in [4.78, 5) is 0. The van der Waals surface area contributed by atoms with Gasteiger partial charge in [0, 0.05) is 19.6 Å². The van der Waals surface area contributed by atoms with E-state index in [0.29, 0.717) is 0 Å². The fourth-order valence-electron chi connectivity index (χ4n) is 2.71. The van der Waals surface area contributed by atoms with Gasteiger partial charge in [-0.05, 0) is 28.8 Å². The highest BCUT2D eigenvalue weighted by Gasteiger charge is 2.18. The number of ether oxygens (including phenoxy) is 1. The van der Waals surface area contributed by atoms with Crippen LogP contribution in [-0.4, -0.2) is 20.2 Å². The van der Waals surface area contributed by atoms with Crippen molar-refractivity contribution in [1.82, 2.24) is 10.6 Å². The van der Waals surface area contributed by atoms with Gasteiger partial charge in [-0.2, -0.15) is 0 Å². The highest BCUT2D eigenvalue weighted by molar-refractivity contribution is 5.39. The first kappa shape index (κ1) is 13.2. The third-order valence-electron chi connectivity index (χ3n) is 3.78. The van der Waals surface area contributed by atoms with Crippen molar-refractivity contribution in [1.29, 1.82) is 0 Å². The summed E-state index contributed by atoms with van der Waals surface area (Å²) in [6, 6.07) is 17.2. The van der Waals surface area contributed by atoms with Gasteiger partial charge in [-0.15, -0.1) is 0 Å². The summed E-state index contributed by atoms with van der Waals surface area (Å²) in [5.74, 6) is 0.898. The smallest absolute Gasteiger partial charge is 0.118 e. The van der Waals surface area contributed by atoms with Crippen molar-refractivity contribution < 1.29 is 4.74 Å². The van der Waals surface area contributed by atoms with Crippen LogP contribution in [0.5, 0.6) is 5.75 Å². The zero-order chi connectivity index (χ0) is 13.8. The molecule has 2 aromatic rings. The van der Waals surface area contributed by atoms with Crippen molar-refractivity contribution in [2.45, 2.75) is 12.6 Å². The van der Waals surface area contributed by atoms with Crippen LogP contribution in [0.15, 0.2) is 48.5 Å². The normalized spacial score (nSPS) is 18.8. The molecule has 1 aliphatic rings. The molecule has 1 unspecified atom stereocenters. The van der Waals surface area contributed by atoms with Crippen LogP contribution in [0.25, 0.3) is 0 Å². The summed E-state index contributed by atoms with van der Waals surface area (Å²) in [6.45, 7) is 2.89. The van der Waals surface area contributed by atoms with Gasteiger partial charge in [0.15, 0.2) is 0 Å². The van der Waals surface area contributed by atoms with Gasteiger partial charge in [-0.25, -0.2) is 0 Å². The zero-order valence-electron chi connectivity index (χ0n) is 11.7. The van der Waals surface area contributed by atoms with E-state index in [1.807, 2.05) is 12.1 Å². The second-order valence-electron chi connectivity index (χ2n) is 5.04. The van der Waals surface area contributed by atoms with E-state index in [4.69, 9.17) is 4.74 Å². The molecule has 0 radical (unpaired) electrons. The van der Waals surface area contributed by atoms with Crippen LogP contribution in [0.4, 0.5) is 0 Å². The van der Waals surface area contributed by atoms with Gasteiger partial charge in [0.25, 0.3) is 0 Å². The Hall–Kier alpha value is -1.84. The predicted octanol–water partition coefficient (Wildman–Crippen LogP) is 2.48. The molecule has 3 heteroatoms. The maximum Gasteiger partial charge on any atom is 0.118 e. The maximum atomic E-state index is 5.24. The monoisotopic (exact) mass is 268 g/mol. The molecule has 0 saturated heterocycles. The van der Waals surface area contributed by atoms with Crippen LogP contribution < -0.4 is 15.4 Å². The highest BCUT2D eigenvalue weighted by atomic mass is 16.5. The van der Waals surface area contributed by atoms with E-state index in [1.165, 1.54) is 16.7 Å². The Labute approximate surface area is 120 Å². The summed E-state index contributed by atoms with van der Waals surface area (Å²) in [5.41, 5.74) is 3.99. The van der Waals surface area contributed by atoms with Crippen molar-refractivity contribution in [3.63, 3.8) is 0 Å². The number of fused-ring (bicyclic) bond motifs is 1. The predicted molar refractivity (Wildman–Crippen MR) is 81.0 cm³/mol. The van der Waals surface area contributed by atoms with Crippen molar-refractivity contribution >= 4 is 0 Å². The van der Waals surface area contributed by atoms with Gasteiger partial charge in [-0.1, -0.05) is 36.4 Å². The molecular weight excluding hydrogens is 248 g/mol. The Bertz CT molecular complexity index is 565. The van der Waals surface area contributed by atoms with Gasteiger partial charge in [-0.3, -0.25) is 0 Å². The maximum absolute atomic E-state index is 5.24. The summed E-state index contributed by atoms with van der Waals surface area (Å²) >= 11 is 0. The summed E-state index contributed by atoms with van der Waals surface area (Å²) in [5, 5.41) is 7.08. The van der Waals surface area contributed by atoms with Crippen molar-refractivity contribution in [3.8, 4) is 5.75 Å². The molecule has 3 rings (SSSR count). The largest absolute Gasteiger partial charge is 0.497 e. The lowest BCUT2D eigenvalue weighted by Gasteiger charge is -2.25. The molecule has 104 valence electrons. The van der Waals surface area contributed by atoms with Crippen LogP contribution in [0.1, 0.15) is 22.7 Å². The molecule has 2 aromatic carbocycles. The Balaban J connectivity index is 1.98. The van der Waals surface area contributed by atoms with Gasteiger partial charge < -0.3 is 15.4 Å². The second-order valence-corrected chi connectivity index (χ2v) is 5.04. The zero-order valence-corrected chi connectivity index (χ0v) is 11.7. The Morgan fingerprint density at radius 3 is 2.60 bits per heavy atom. The molecular formula is C17H20N2O. The number of benzene rings is 2. The van der Waals surface area contributed by atoms with Crippen LogP contribution in [0, 0.1) is 0 Å². The minimum absolute atomic E-state index is 0.249. The molecule has 2 N–H and O–H groups in total. The third-order valence-corrected chi connectivity index (χ3v) is 3.78. The van der Waals surface area contributed by atoms with Crippen LogP contribution in [0.2, 0.25) is 0 Å². The second kappa shape index (κ2) is 6.07. The molecule has 20 heavy (non-hydrogen) atoms. The number of rotatable bonds is 2. The van der Waals surface area contributed by atoms with Gasteiger partial charge in [0.2, 0.25) is 0 Å². The van der Waals surface area contributed by atoms with E-state index < -0.39 is 0 Å². The lowest BCUT2D eigenvalue weighted by atomic mass is 9.93. The first-order chi connectivity index (χ1) is 9.88. The lowest BCUT2D eigenvalue weighted by molar-refractivity contribution is 0.414. The molecule has 0 aliphatic carbocycles. The molecule has 1 aliphatic heterocycles. The van der Waals surface area contributed by atoms with E-state index in [-0.39, 0.29) is 6.04 Å². The molecule has 0 bridgehead atoms. The molecule has 0 aromatic heterocycles. The number of hydrogen-bond donors (Lipinski definition) is 2.